The van der Waals surface area contributed by atoms with Gasteiger partial charge < -0.3 is 15.5 Å². The molecule has 2 atom stereocenters. The Morgan fingerprint density at radius 3 is 2.16 bits per heavy atom. The van der Waals surface area contributed by atoms with Gasteiger partial charge in [0.15, 0.2) is 0 Å². The van der Waals surface area contributed by atoms with E-state index in [9.17, 15) is 18.0 Å². The zero-order valence-electron chi connectivity index (χ0n) is 25.4. The van der Waals surface area contributed by atoms with Gasteiger partial charge >= 0.3 is 0 Å². The maximum Gasteiger partial charge on any atom is 0.245 e. The first-order chi connectivity index (χ1) is 21.3. The number of likely N-dealkylation sites (tertiary alicyclic amines) is 1. The fourth-order valence-corrected chi connectivity index (χ4v) is 6.86. The average Bonchev–Trinajstić information content (AvgIpc) is 3.59. The van der Waals surface area contributed by atoms with Crippen LogP contribution in [-0.2, 0) is 32.6 Å². The predicted molar refractivity (Wildman–Crippen MR) is 181 cm³/mol. The van der Waals surface area contributed by atoms with Crippen LogP contribution in [0.5, 0.6) is 0 Å². The Morgan fingerprint density at radius 2 is 1.47 bits per heavy atom. The summed E-state index contributed by atoms with van der Waals surface area (Å²) in [6.45, 7) is 5.04. The van der Waals surface area contributed by atoms with E-state index in [2.05, 4.69) is 22.3 Å². The van der Waals surface area contributed by atoms with E-state index in [0.29, 0.717) is 25.1 Å². The molecule has 3 N–H and O–H groups in total. The van der Waals surface area contributed by atoms with Gasteiger partial charge in [0.25, 0.3) is 0 Å². The van der Waals surface area contributed by atoms with Crippen molar-refractivity contribution in [2.24, 2.45) is 0 Å². The number of benzene rings is 4. The topological polar surface area (TPSA) is 108 Å². The molecule has 1 fully saturated rings. The van der Waals surface area contributed by atoms with Crippen LogP contribution in [0.2, 0.25) is 0 Å². The number of rotatable bonds is 13. The highest BCUT2D eigenvalue weighted by Gasteiger charge is 2.30. The van der Waals surface area contributed by atoms with E-state index in [0.717, 1.165) is 47.8 Å². The second-order valence-electron chi connectivity index (χ2n) is 11.3. The van der Waals surface area contributed by atoms with Gasteiger partial charge in [0.1, 0.15) is 6.04 Å². The Kier molecular flexibility index (Phi) is 12.1. The van der Waals surface area contributed by atoms with Crippen molar-refractivity contribution in [3.63, 3.8) is 0 Å². The third-order valence-corrected chi connectivity index (χ3v) is 9.48. The van der Waals surface area contributed by atoms with Crippen molar-refractivity contribution < 1.29 is 18.0 Å². The summed E-state index contributed by atoms with van der Waals surface area (Å²) in [4.78, 5) is 29.1. The zero-order chi connectivity index (χ0) is 30.9. The molecule has 4 aromatic rings. The van der Waals surface area contributed by atoms with Crippen molar-refractivity contribution in [2.45, 2.75) is 56.1 Å². The minimum atomic E-state index is -3.97. The fraction of sp³-hybridized carbons (Fsp3) is 0.314. The molecular formula is C35H41ClN4O4S. The highest BCUT2D eigenvalue weighted by Crippen LogP contribution is 2.24. The summed E-state index contributed by atoms with van der Waals surface area (Å²) in [7, 11) is -3.97. The second kappa shape index (κ2) is 16.0. The number of fused-ring (bicyclic) bond motifs is 1. The van der Waals surface area contributed by atoms with Gasteiger partial charge in [-0.1, -0.05) is 91.9 Å². The molecule has 8 nitrogen and oxygen atoms in total. The number of sulfonamides is 1. The van der Waals surface area contributed by atoms with Gasteiger partial charge in [-0.2, -0.15) is 0 Å². The maximum atomic E-state index is 13.6. The molecule has 0 aromatic heterocycles. The third kappa shape index (κ3) is 9.14. The van der Waals surface area contributed by atoms with Crippen molar-refractivity contribution in [3.8, 4) is 0 Å². The van der Waals surface area contributed by atoms with Crippen LogP contribution in [-0.4, -0.2) is 50.8 Å². The Hall–Kier alpha value is -3.76. The van der Waals surface area contributed by atoms with Crippen molar-refractivity contribution in [2.75, 3.05) is 19.6 Å². The van der Waals surface area contributed by atoms with E-state index in [4.69, 9.17) is 0 Å². The molecule has 0 saturated carbocycles. The molecule has 1 heterocycles. The Bertz CT molecular complexity index is 1680. The van der Waals surface area contributed by atoms with E-state index in [1.807, 2.05) is 71.6 Å². The van der Waals surface area contributed by atoms with Gasteiger partial charge in [-0.3, -0.25) is 9.59 Å². The smallest absolute Gasteiger partial charge is 0.245 e. The zero-order valence-corrected chi connectivity index (χ0v) is 27.1. The highest BCUT2D eigenvalue weighted by atomic mass is 35.5. The van der Waals surface area contributed by atoms with Crippen LogP contribution in [0, 0.1) is 0 Å². The quantitative estimate of drug-likeness (QED) is 0.186. The van der Waals surface area contributed by atoms with Crippen molar-refractivity contribution in [1.29, 1.82) is 0 Å². The first-order valence-corrected chi connectivity index (χ1v) is 16.7. The Labute approximate surface area is 272 Å². The molecule has 45 heavy (non-hydrogen) atoms. The molecule has 4 aromatic carbocycles. The normalized spacial score (nSPS) is 14.5. The highest BCUT2D eigenvalue weighted by molar-refractivity contribution is 7.89. The summed E-state index contributed by atoms with van der Waals surface area (Å²) in [6.07, 6.45) is 2.07. The van der Waals surface area contributed by atoms with E-state index in [1.165, 1.54) is 0 Å². The maximum absolute atomic E-state index is 13.6. The summed E-state index contributed by atoms with van der Waals surface area (Å²) in [5.74, 6) is -0.512. The summed E-state index contributed by atoms with van der Waals surface area (Å²) in [5.41, 5.74) is 2.75. The van der Waals surface area contributed by atoms with Gasteiger partial charge in [0, 0.05) is 32.5 Å². The average molecular weight is 649 g/mol. The van der Waals surface area contributed by atoms with E-state index in [-0.39, 0.29) is 29.6 Å². The number of nitrogens with zero attached hydrogens (tertiary/aromatic N) is 1. The van der Waals surface area contributed by atoms with E-state index in [1.54, 1.807) is 30.3 Å². The first-order valence-electron chi connectivity index (χ1n) is 15.2. The number of hydrogen-bond acceptors (Lipinski definition) is 5. The van der Waals surface area contributed by atoms with Crippen LogP contribution in [0.3, 0.4) is 0 Å². The molecule has 0 spiro atoms. The lowest BCUT2D eigenvalue weighted by atomic mass is 10.0. The van der Waals surface area contributed by atoms with Gasteiger partial charge in [0.2, 0.25) is 21.8 Å². The molecule has 1 saturated heterocycles. The van der Waals surface area contributed by atoms with Crippen molar-refractivity contribution in [3.05, 3.63) is 114 Å². The Morgan fingerprint density at radius 1 is 0.822 bits per heavy atom. The lowest BCUT2D eigenvalue weighted by molar-refractivity contribution is -0.135. The number of amides is 2. The molecule has 2 amide bonds. The first kappa shape index (κ1) is 34.1. The molecule has 0 bridgehead atoms. The van der Waals surface area contributed by atoms with E-state index < -0.39 is 28.0 Å². The summed E-state index contributed by atoms with van der Waals surface area (Å²) >= 11 is 0. The molecule has 5 rings (SSSR count). The number of nitrogens with one attached hydrogen (secondary N) is 3. The van der Waals surface area contributed by atoms with Crippen LogP contribution in [0.1, 0.15) is 48.9 Å². The molecule has 0 radical (unpaired) electrons. The predicted octanol–water partition coefficient (Wildman–Crippen LogP) is 5.13. The summed E-state index contributed by atoms with van der Waals surface area (Å²) in [5, 5.41) is 8.01. The Balaban J connectivity index is 0.00000461. The molecule has 1 aliphatic rings. The summed E-state index contributed by atoms with van der Waals surface area (Å²) in [6, 6.07) is 28.0. The number of halogens is 1. The monoisotopic (exact) mass is 648 g/mol. The molecule has 238 valence electrons. The van der Waals surface area contributed by atoms with Crippen LogP contribution in [0.15, 0.2) is 102 Å². The fourth-order valence-electron chi connectivity index (χ4n) is 5.60. The number of hydrogen-bond donors (Lipinski definition) is 3. The van der Waals surface area contributed by atoms with E-state index >= 15 is 0 Å². The second-order valence-corrected chi connectivity index (χ2v) is 13.0. The van der Waals surface area contributed by atoms with Crippen LogP contribution >= 0.6 is 12.4 Å². The van der Waals surface area contributed by atoms with Gasteiger partial charge in [-0.15, -0.1) is 12.4 Å². The number of carbonyl (C=O) groups is 2. The van der Waals surface area contributed by atoms with Gasteiger partial charge in [-0.25, -0.2) is 13.1 Å². The van der Waals surface area contributed by atoms with Gasteiger partial charge in [0.05, 0.1) is 10.9 Å². The molecular weight excluding hydrogens is 608 g/mol. The minimum absolute atomic E-state index is 0. The minimum Gasteiger partial charge on any atom is -0.344 e. The van der Waals surface area contributed by atoms with Crippen molar-refractivity contribution >= 4 is 45.0 Å². The molecule has 2 unspecified atom stereocenters. The summed E-state index contributed by atoms with van der Waals surface area (Å²) < 4.78 is 29.9. The van der Waals surface area contributed by atoms with Gasteiger partial charge in [-0.05, 0) is 59.0 Å². The van der Waals surface area contributed by atoms with Crippen LogP contribution in [0.25, 0.3) is 10.8 Å². The largest absolute Gasteiger partial charge is 0.344 e. The van der Waals surface area contributed by atoms with Crippen LogP contribution < -0.4 is 15.4 Å². The molecule has 1 aliphatic heterocycles. The standard InChI is InChI=1S/C35H40N4O4S.ClH/c1-2-36-25-27-16-14-26(15-17-27)22-33(35(41)39-20-8-9-21-39)37-34(40)24-32(29-11-4-3-5-12-29)38-44(42,43)31-19-18-28-10-6-7-13-30(28)23-31;/h3-7,10-19,23,32-33,36,38H,2,8-9,20-22,24-25H2,1H3,(H,37,40);1H. The molecule has 0 aliphatic carbocycles. The molecule has 10 heteroatoms. The SMILES string of the molecule is CCNCc1ccc(CC(NC(=O)CC(NS(=O)(=O)c2ccc3ccccc3c2)c2ccccc2)C(=O)N2CCCC2)cc1.Cl. The van der Waals surface area contributed by atoms with Crippen LogP contribution in [0.4, 0.5) is 0 Å². The third-order valence-electron chi connectivity index (χ3n) is 8.01. The van der Waals surface area contributed by atoms with Crippen molar-refractivity contribution in [1.82, 2.24) is 20.3 Å². The lowest BCUT2D eigenvalue weighted by Gasteiger charge is -2.25. The lowest BCUT2D eigenvalue weighted by Crippen LogP contribution is -2.49. The number of carbonyl (C=O) groups excluding carboxylic acids is 2.